The second-order valence-electron chi connectivity index (χ2n) is 3.44. The molecule has 0 radical (unpaired) electrons. The Morgan fingerprint density at radius 2 is 2.39 bits per heavy atom. The van der Waals surface area contributed by atoms with Gasteiger partial charge in [-0.25, -0.2) is 4.98 Å². The molecule has 92 valence electrons. The molecule has 0 saturated carbocycles. The van der Waals surface area contributed by atoms with Crippen LogP contribution in [-0.2, 0) is 0 Å². The summed E-state index contributed by atoms with van der Waals surface area (Å²) in [6, 6.07) is 9.25. The number of methoxy groups -OCH3 is 1. The fraction of sp³-hybridized carbons (Fsp3) is 0.167. The van der Waals surface area contributed by atoms with Crippen LogP contribution in [0.2, 0.25) is 0 Å². The number of benzene rings is 1. The zero-order valence-corrected chi connectivity index (χ0v) is 12.5. The summed E-state index contributed by atoms with van der Waals surface area (Å²) in [4.78, 5) is 4.22. The highest BCUT2D eigenvalue weighted by molar-refractivity contribution is 14.1. The minimum atomic E-state index is -0.439. The van der Waals surface area contributed by atoms with Gasteiger partial charge < -0.3 is 10.1 Å². The van der Waals surface area contributed by atoms with E-state index in [1.54, 1.807) is 13.3 Å². The van der Waals surface area contributed by atoms with E-state index in [0.717, 1.165) is 19.3 Å². The first-order chi connectivity index (χ1) is 8.72. The molecular weight excluding hydrogens is 361 g/mol. The second-order valence-corrected chi connectivity index (χ2v) is 6.40. The molecule has 18 heavy (non-hydrogen) atoms. The SMILES string of the molecule is COc1cccc(NC(C#N)c2ncc(I)s2)c1. The predicted molar refractivity (Wildman–Crippen MR) is 79.8 cm³/mol. The largest absolute Gasteiger partial charge is 0.497 e. The lowest BCUT2D eigenvalue weighted by molar-refractivity contribution is 0.415. The Bertz CT molecular complexity index is 579. The number of nitrogens with one attached hydrogen (secondary N) is 1. The summed E-state index contributed by atoms with van der Waals surface area (Å²) >= 11 is 3.70. The molecule has 0 aliphatic rings. The number of hydrogen-bond donors (Lipinski definition) is 1. The number of anilines is 1. The lowest BCUT2D eigenvalue weighted by Crippen LogP contribution is -2.07. The number of aromatic nitrogens is 1. The van der Waals surface area contributed by atoms with Crippen LogP contribution < -0.4 is 10.1 Å². The van der Waals surface area contributed by atoms with Crippen LogP contribution in [0.1, 0.15) is 11.0 Å². The molecule has 0 fully saturated rings. The van der Waals surface area contributed by atoms with Gasteiger partial charge >= 0.3 is 0 Å². The summed E-state index contributed by atoms with van der Waals surface area (Å²) in [5, 5.41) is 13.1. The van der Waals surface area contributed by atoms with E-state index in [9.17, 15) is 5.26 Å². The number of hydrogen-bond acceptors (Lipinski definition) is 5. The summed E-state index contributed by atoms with van der Waals surface area (Å²) in [5.41, 5.74) is 0.839. The Balaban J connectivity index is 2.18. The first-order valence-electron chi connectivity index (χ1n) is 5.14. The van der Waals surface area contributed by atoms with E-state index < -0.39 is 6.04 Å². The van der Waals surface area contributed by atoms with E-state index in [2.05, 4.69) is 39.0 Å². The first-order valence-corrected chi connectivity index (χ1v) is 7.04. The molecule has 1 aromatic carbocycles. The van der Waals surface area contributed by atoms with Crippen molar-refractivity contribution in [2.75, 3.05) is 12.4 Å². The summed E-state index contributed by atoms with van der Waals surface area (Å²) in [7, 11) is 1.62. The quantitative estimate of drug-likeness (QED) is 0.837. The van der Waals surface area contributed by atoms with Gasteiger partial charge in [0, 0.05) is 11.8 Å². The van der Waals surface area contributed by atoms with Crippen LogP contribution in [0.15, 0.2) is 30.5 Å². The molecule has 0 bridgehead atoms. The van der Waals surface area contributed by atoms with Crippen molar-refractivity contribution in [1.29, 1.82) is 5.26 Å². The first kappa shape index (κ1) is 13.1. The van der Waals surface area contributed by atoms with E-state index >= 15 is 0 Å². The van der Waals surface area contributed by atoms with Gasteiger partial charge in [-0.3, -0.25) is 0 Å². The van der Waals surface area contributed by atoms with E-state index in [-0.39, 0.29) is 0 Å². The van der Waals surface area contributed by atoms with Gasteiger partial charge in [-0.05, 0) is 34.7 Å². The molecule has 1 aromatic heterocycles. The Kier molecular flexibility index (Phi) is 4.38. The molecule has 0 aliphatic carbocycles. The van der Waals surface area contributed by atoms with E-state index in [1.165, 1.54) is 11.3 Å². The highest BCUT2D eigenvalue weighted by Gasteiger charge is 2.14. The molecule has 6 heteroatoms. The van der Waals surface area contributed by atoms with Crippen LogP contribution >= 0.6 is 33.9 Å². The average molecular weight is 371 g/mol. The minimum Gasteiger partial charge on any atom is -0.497 e. The molecule has 0 aliphatic heterocycles. The molecular formula is C12H10IN3OS. The Morgan fingerprint density at radius 1 is 1.56 bits per heavy atom. The van der Waals surface area contributed by atoms with Gasteiger partial charge in [0.1, 0.15) is 10.8 Å². The lowest BCUT2D eigenvalue weighted by atomic mass is 10.2. The van der Waals surface area contributed by atoms with E-state index in [1.807, 2.05) is 24.3 Å². The highest BCUT2D eigenvalue weighted by Crippen LogP contribution is 2.26. The van der Waals surface area contributed by atoms with Crippen LogP contribution in [0.5, 0.6) is 5.75 Å². The van der Waals surface area contributed by atoms with Crippen molar-refractivity contribution in [2.24, 2.45) is 0 Å². The monoisotopic (exact) mass is 371 g/mol. The van der Waals surface area contributed by atoms with Crippen LogP contribution in [0.3, 0.4) is 0 Å². The fourth-order valence-electron chi connectivity index (χ4n) is 1.43. The van der Waals surface area contributed by atoms with Gasteiger partial charge in [0.15, 0.2) is 6.04 Å². The van der Waals surface area contributed by atoms with E-state index in [4.69, 9.17) is 4.74 Å². The Morgan fingerprint density at radius 3 is 3.00 bits per heavy atom. The Labute approximate surface area is 123 Å². The van der Waals surface area contributed by atoms with Crippen LogP contribution in [0.25, 0.3) is 0 Å². The maximum Gasteiger partial charge on any atom is 0.167 e. The fourth-order valence-corrected chi connectivity index (χ4v) is 2.89. The van der Waals surface area contributed by atoms with Crippen molar-refractivity contribution in [3.05, 3.63) is 38.4 Å². The van der Waals surface area contributed by atoms with Crippen molar-refractivity contribution >= 4 is 39.6 Å². The van der Waals surface area contributed by atoms with Crippen LogP contribution in [0.4, 0.5) is 5.69 Å². The topological polar surface area (TPSA) is 57.9 Å². The smallest absolute Gasteiger partial charge is 0.167 e. The molecule has 1 unspecified atom stereocenters. The molecule has 1 heterocycles. The van der Waals surface area contributed by atoms with Crippen LogP contribution in [0, 0.1) is 14.2 Å². The van der Waals surface area contributed by atoms with Gasteiger partial charge in [0.05, 0.1) is 22.3 Å². The van der Waals surface area contributed by atoms with Gasteiger partial charge in [0.25, 0.3) is 0 Å². The number of thiazole rings is 1. The highest BCUT2D eigenvalue weighted by atomic mass is 127. The van der Waals surface area contributed by atoms with Crippen molar-refractivity contribution in [3.8, 4) is 11.8 Å². The summed E-state index contributed by atoms with van der Waals surface area (Å²) in [6.07, 6.45) is 1.76. The molecule has 1 N–H and O–H groups in total. The number of nitriles is 1. The molecule has 2 aromatic rings. The van der Waals surface area contributed by atoms with E-state index in [0.29, 0.717) is 0 Å². The normalized spacial score (nSPS) is 11.6. The molecule has 0 saturated heterocycles. The third-order valence-corrected chi connectivity index (χ3v) is 4.04. The number of ether oxygens (including phenoxy) is 1. The number of rotatable bonds is 4. The number of halogens is 1. The summed E-state index contributed by atoms with van der Waals surface area (Å²) in [6.45, 7) is 0. The predicted octanol–water partition coefficient (Wildman–Crippen LogP) is 3.43. The summed E-state index contributed by atoms with van der Waals surface area (Å²) in [5.74, 6) is 0.755. The zero-order valence-electron chi connectivity index (χ0n) is 9.55. The minimum absolute atomic E-state index is 0.439. The lowest BCUT2D eigenvalue weighted by Gasteiger charge is -2.11. The third-order valence-electron chi connectivity index (χ3n) is 2.25. The summed E-state index contributed by atoms with van der Waals surface area (Å²) < 4.78 is 6.21. The van der Waals surface area contributed by atoms with Gasteiger partial charge in [-0.1, -0.05) is 6.07 Å². The number of nitrogens with zero attached hydrogens (tertiary/aromatic N) is 2. The van der Waals surface area contributed by atoms with Gasteiger partial charge in [-0.2, -0.15) is 5.26 Å². The molecule has 0 spiro atoms. The van der Waals surface area contributed by atoms with Crippen molar-refractivity contribution in [2.45, 2.75) is 6.04 Å². The standard InChI is InChI=1S/C12H10IN3OS/c1-17-9-4-2-3-8(5-9)16-10(6-14)12-15-7-11(13)18-12/h2-5,7,10,16H,1H3. The second kappa shape index (κ2) is 6.02. The molecule has 1 atom stereocenters. The van der Waals surface area contributed by atoms with Gasteiger partial charge in [-0.15, -0.1) is 11.3 Å². The maximum atomic E-state index is 9.20. The maximum absolute atomic E-state index is 9.20. The average Bonchev–Trinajstić information content (AvgIpc) is 2.82. The Hall–Kier alpha value is -1.33. The zero-order chi connectivity index (χ0) is 13.0. The van der Waals surface area contributed by atoms with Crippen molar-refractivity contribution in [1.82, 2.24) is 4.98 Å². The third kappa shape index (κ3) is 3.11. The molecule has 2 rings (SSSR count). The molecule has 0 amide bonds. The van der Waals surface area contributed by atoms with Crippen molar-refractivity contribution in [3.63, 3.8) is 0 Å². The molecule has 4 nitrogen and oxygen atoms in total. The van der Waals surface area contributed by atoms with Crippen LogP contribution in [-0.4, -0.2) is 12.1 Å². The van der Waals surface area contributed by atoms with Crippen molar-refractivity contribution < 1.29 is 4.74 Å². The van der Waals surface area contributed by atoms with Gasteiger partial charge in [0.2, 0.25) is 0 Å².